The lowest BCUT2D eigenvalue weighted by molar-refractivity contribution is 0.549. The van der Waals surface area contributed by atoms with Gasteiger partial charge >= 0.3 is 0 Å². The highest BCUT2D eigenvalue weighted by Gasteiger charge is 2.15. The predicted octanol–water partition coefficient (Wildman–Crippen LogP) is 4.07. The molecular formula is C19H23N. The molecule has 0 bridgehead atoms. The predicted molar refractivity (Wildman–Crippen MR) is 85.0 cm³/mol. The molecule has 0 saturated carbocycles. The minimum Gasteiger partial charge on any atom is -0.310 e. The second-order valence-corrected chi connectivity index (χ2v) is 5.68. The Labute approximate surface area is 122 Å². The van der Waals surface area contributed by atoms with Crippen LogP contribution in [0.4, 0.5) is 0 Å². The molecule has 0 fully saturated rings. The number of nitrogens with one attached hydrogen (secondary N) is 1. The van der Waals surface area contributed by atoms with E-state index in [1.54, 1.807) is 11.1 Å². The van der Waals surface area contributed by atoms with E-state index < -0.39 is 0 Å². The molecule has 20 heavy (non-hydrogen) atoms. The standard InChI is InChI=1S/C19H23N/c1-2-20-19(13-15-7-4-3-5-8-15)18-12-11-16-9-6-10-17(16)14-18/h3-5,7-8,11-12,14,19-20H,2,6,9-10,13H2,1H3. The van der Waals surface area contributed by atoms with Crippen molar-refractivity contribution in [1.82, 2.24) is 5.32 Å². The van der Waals surface area contributed by atoms with Gasteiger partial charge in [-0.3, -0.25) is 0 Å². The Hall–Kier alpha value is -1.60. The molecule has 1 nitrogen and oxygen atoms in total. The molecule has 1 aliphatic carbocycles. The van der Waals surface area contributed by atoms with Crippen molar-refractivity contribution in [2.24, 2.45) is 0 Å². The van der Waals surface area contributed by atoms with Crippen LogP contribution in [0.25, 0.3) is 0 Å². The van der Waals surface area contributed by atoms with Gasteiger partial charge < -0.3 is 5.32 Å². The molecule has 0 heterocycles. The Bertz CT molecular complexity index is 559. The Balaban J connectivity index is 1.83. The van der Waals surface area contributed by atoms with Gasteiger partial charge in [0.05, 0.1) is 0 Å². The Morgan fingerprint density at radius 2 is 1.80 bits per heavy atom. The number of fused-ring (bicyclic) bond motifs is 1. The molecule has 2 aromatic rings. The highest BCUT2D eigenvalue weighted by atomic mass is 14.9. The molecule has 1 heteroatoms. The number of aryl methyl sites for hydroxylation is 2. The molecule has 0 saturated heterocycles. The van der Waals surface area contributed by atoms with E-state index in [2.05, 4.69) is 60.8 Å². The fraction of sp³-hybridized carbons (Fsp3) is 0.368. The summed E-state index contributed by atoms with van der Waals surface area (Å²) in [5.41, 5.74) is 5.97. The van der Waals surface area contributed by atoms with Crippen molar-refractivity contribution in [3.63, 3.8) is 0 Å². The molecule has 104 valence electrons. The second-order valence-electron chi connectivity index (χ2n) is 5.68. The second kappa shape index (κ2) is 6.23. The minimum atomic E-state index is 0.424. The number of likely N-dealkylation sites (N-methyl/N-ethyl adjacent to an activating group) is 1. The smallest absolute Gasteiger partial charge is 0.0360 e. The first-order chi connectivity index (χ1) is 9.86. The molecule has 2 aromatic carbocycles. The summed E-state index contributed by atoms with van der Waals surface area (Å²) >= 11 is 0. The Morgan fingerprint density at radius 1 is 1.00 bits per heavy atom. The van der Waals surface area contributed by atoms with E-state index in [-0.39, 0.29) is 0 Å². The molecule has 3 rings (SSSR count). The normalized spacial score (nSPS) is 15.1. The van der Waals surface area contributed by atoms with E-state index in [9.17, 15) is 0 Å². The van der Waals surface area contributed by atoms with Crippen molar-refractivity contribution in [3.05, 3.63) is 70.8 Å². The van der Waals surface area contributed by atoms with E-state index in [0.29, 0.717) is 6.04 Å². The monoisotopic (exact) mass is 265 g/mol. The van der Waals surface area contributed by atoms with Gasteiger partial charge in [-0.15, -0.1) is 0 Å². The number of hydrogen-bond acceptors (Lipinski definition) is 1. The lowest BCUT2D eigenvalue weighted by Gasteiger charge is -2.19. The summed E-state index contributed by atoms with van der Waals surface area (Å²) in [5.74, 6) is 0. The van der Waals surface area contributed by atoms with E-state index in [4.69, 9.17) is 0 Å². The van der Waals surface area contributed by atoms with Crippen molar-refractivity contribution in [3.8, 4) is 0 Å². The van der Waals surface area contributed by atoms with Gasteiger partial charge in [-0.25, -0.2) is 0 Å². The molecule has 1 aliphatic rings. The zero-order chi connectivity index (χ0) is 13.8. The maximum absolute atomic E-state index is 3.64. The van der Waals surface area contributed by atoms with Gasteiger partial charge in [-0.05, 0) is 54.5 Å². The van der Waals surface area contributed by atoms with Crippen LogP contribution in [0.1, 0.15) is 41.6 Å². The summed E-state index contributed by atoms with van der Waals surface area (Å²) in [6.45, 7) is 3.19. The van der Waals surface area contributed by atoms with Crippen molar-refractivity contribution >= 4 is 0 Å². The molecule has 0 spiro atoms. The molecule has 1 unspecified atom stereocenters. The number of rotatable bonds is 5. The van der Waals surface area contributed by atoms with Crippen LogP contribution in [0.15, 0.2) is 48.5 Å². The van der Waals surface area contributed by atoms with Crippen molar-refractivity contribution in [1.29, 1.82) is 0 Å². The quantitative estimate of drug-likeness (QED) is 0.859. The Morgan fingerprint density at radius 3 is 2.60 bits per heavy atom. The highest BCUT2D eigenvalue weighted by molar-refractivity contribution is 5.37. The SMILES string of the molecule is CCNC(Cc1ccccc1)c1ccc2c(c1)CCC2. The minimum absolute atomic E-state index is 0.424. The maximum atomic E-state index is 3.64. The summed E-state index contributed by atoms with van der Waals surface area (Å²) in [4.78, 5) is 0. The third-order valence-electron chi connectivity index (χ3n) is 4.26. The largest absolute Gasteiger partial charge is 0.310 e. The Kier molecular flexibility index (Phi) is 4.17. The molecule has 0 amide bonds. The summed E-state index contributed by atoms with van der Waals surface area (Å²) in [6, 6.07) is 18.3. The van der Waals surface area contributed by atoms with Crippen LogP contribution in [0.5, 0.6) is 0 Å². The van der Waals surface area contributed by atoms with Crippen molar-refractivity contribution < 1.29 is 0 Å². The molecule has 0 aliphatic heterocycles. The van der Waals surface area contributed by atoms with Gasteiger partial charge in [0.25, 0.3) is 0 Å². The van der Waals surface area contributed by atoms with E-state index in [0.717, 1.165) is 13.0 Å². The lowest BCUT2D eigenvalue weighted by atomic mass is 9.96. The summed E-state index contributed by atoms with van der Waals surface area (Å²) < 4.78 is 0. The number of benzene rings is 2. The van der Waals surface area contributed by atoms with E-state index in [1.807, 2.05) is 0 Å². The van der Waals surface area contributed by atoms with Gasteiger partial charge in [-0.2, -0.15) is 0 Å². The fourth-order valence-corrected chi connectivity index (χ4v) is 3.21. The first-order valence-corrected chi connectivity index (χ1v) is 7.76. The van der Waals surface area contributed by atoms with Gasteiger partial charge in [0, 0.05) is 6.04 Å². The third kappa shape index (κ3) is 2.94. The molecule has 0 radical (unpaired) electrons. The third-order valence-corrected chi connectivity index (χ3v) is 4.26. The molecule has 1 atom stereocenters. The molecule has 1 N–H and O–H groups in total. The van der Waals surface area contributed by atoms with E-state index in [1.165, 1.54) is 30.4 Å². The van der Waals surface area contributed by atoms with Gasteiger partial charge in [0.2, 0.25) is 0 Å². The van der Waals surface area contributed by atoms with Crippen LogP contribution >= 0.6 is 0 Å². The number of hydrogen-bond donors (Lipinski definition) is 1. The van der Waals surface area contributed by atoms with Gasteiger partial charge in [0.1, 0.15) is 0 Å². The molecule has 0 aromatic heterocycles. The zero-order valence-electron chi connectivity index (χ0n) is 12.2. The van der Waals surface area contributed by atoms with Crippen LogP contribution in [-0.2, 0) is 19.3 Å². The first kappa shape index (κ1) is 13.4. The highest BCUT2D eigenvalue weighted by Crippen LogP contribution is 2.27. The lowest BCUT2D eigenvalue weighted by Crippen LogP contribution is -2.23. The van der Waals surface area contributed by atoms with Crippen LogP contribution in [0.2, 0.25) is 0 Å². The average molecular weight is 265 g/mol. The zero-order valence-corrected chi connectivity index (χ0v) is 12.2. The van der Waals surface area contributed by atoms with Crippen LogP contribution in [0, 0.1) is 0 Å². The summed E-state index contributed by atoms with van der Waals surface area (Å²) in [6.07, 6.45) is 4.91. The van der Waals surface area contributed by atoms with Gasteiger partial charge in [-0.1, -0.05) is 55.5 Å². The first-order valence-electron chi connectivity index (χ1n) is 7.76. The van der Waals surface area contributed by atoms with Crippen LogP contribution in [-0.4, -0.2) is 6.54 Å². The summed E-state index contributed by atoms with van der Waals surface area (Å²) in [7, 11) is 0. The summed E-state index contributed by atoms with van der Waals surface area (Å²) in [5, 5.41) is 3.64. The van der Waals surface area contributed by atoms with Crippen LogP contribution < -0.4 is 5.32 Å². The van der Waals surface area contributed by atoms with Crippen molar-refractivity contribution in [2.75, 3.05) is 6.54 Å². The van der Waals surface area contributed by atoms with Crippen molar-refractivity contribution in [2.45, 2.75) is 38.6 Å². The topological polar surface area (TPSA) is 12.0 Å². The van der Waals surface area contributed by atoms with E-state index >= 15 is 0 Å². The van der Waals surface area contributed by atoms with Gasteiger partial charge in [0.15, 0.2) is 0 Å². The van der Waals surface area contributed by atoms with Crippen LogP contribution in [0.3, 0.4) is 0 Å². The average Bonchev–Trinajstić information content (AvgIpc) is 2.95. The molecular weight excluding hydrogens is 242 g/mol. The maximum Gasteiger partial charge on any atom is 0.0360 e. The fourth-order valence-electron chi connectivity index (χ4n) is 3.21.